The van der Waals surface area contributed by atoms with E-state index in [9.17, 15) is 4.79 Å². The van der Waals surface area contributed by atoms with E-state index in [-0.39, 0.29) is 11.9 Å². The second-order valence-electron chi connectivity index (χ2n) is 5.89. The quantitative estimate of drug-likeness (QED) is 0.882. The third-order valence-corrected chi connectivity index (χ3v) is 4.06. The third-order valence-electron chi connectivity index (χ3n) is 4.06. The molecule has 2 heterocycles. The number of hydrogen-bond donors (Lipinski definition) is 2. The smallest absolute Gasteiger partial charge is 0.257 e. The first-order valence-electron chi connectivity index (χ1n) is 7.35. The van der Waals surface area contributed by atoms with Gasteiger partial charge in [-0.1, -0.05) is 0 Å². The maximum Gasteiger partial charge on any atom is 0.257 e. The standard InChI is InChI=1S/C15H21N5O/c1-8-6-9(2)20-14(17-8)13(10(3)19-20)15(21)18-12(7-16)11-4-5-11/h6,11-12H,4-5,7,16H2,1-3H3,(H,18,21). The lowest BCUT2D eigenvalue weighted by molar-refractivity contribution is 0.0934. The van der Waals surface area contributed by atoms with Gasteiger partial charge in [0.05, 0.1) is 5.69 Å². The Hall–Kier alpha value is -1.95. The van der Waals surface area contributed by atoms with Crippen molar-refractivity contribution in [2.24, 2.45) is 11.7 Å². The van der Waals surface area contributed by atoms with Gasteiger partial charge in [0.25, 0.3) is 5.91 Å². The molecule has 21 heavy (non-hydrogen) atoms. The Bertz CT molecular complexity index is 702. The van der Waals surface area contributed by atoms with Gasteiger partial charge in [-0.3, -0.25) is 4.79 Å². The molecule has 2 aromatic heterocycles. The average molecular weight is 287 g/mol. The number of hydrogen-bond acceptors (Lipinski definition) is 4. The summed E-state index contributed by atoms with van der Waals surface area (Å²) in [6.07, 6.45) is 2.29. The summed E-state index contributed by atoms with van der Waals surface area (Å²) in [5.74, 6) is 0.403. The van der Waals surface area contributed by atoms with Gasteiger partial charge in [-0.25, -0.2) is 9.50 Å². The zero-order valence-electron chi connectivity index (χ0n) is 12.7. The van der Waals surface area contributed by atoms with E-state index >= 15 is 0 Å². The maximum atomic E-state index is 12.6. The lowest BCUT2D eigenvalue weighted by atomic mass is 10.1. The topological polar surface area (TPSA) is 85.3 Å². The molecule has 0 bridgehead atoms. The van der Waals surface area contributed by atoms with Crippen molar-refractivity contribution in [2.45, 2.75) is 39.7 Å². The number of aromatic nitrogens is 3. The molecular weight excluding hydrogens is 266 g/mol. The predicted octanol–water partition coefficient (Wildman–Crippen LogP) is 1.12. The molecule has 6 nitrogen and oxygen atoms in total. The van der Waals surface area contributed by atoms with Crippen LogP contribution in [-0.2, 0) is 0 Å². The van der Waals surface area contributed by atoms with Gasteiger partial charge in [-0.2, -0.15) is 5.10 Å². The lowest BCUT2D eigenvalue weighted by Crippen LogP contribution is -2.41. The van der Waals surface area contributed by atoms with Crippen LogP contribution in [0, 0.1) is 26.7 Å². The van der Waals surface area contributed by atoms with Crippen LogP contribution in [0.3, 0.4) is 0 Å². The zero-order chi connectivity index (χ0) is 15.1. The zero-order valence-corrected chi connectivity index (χ0v) is 12.7. The SMILES string of the molecule is Cc1cc(C)n2nc(C)c(C(=O)NC(CN)C3CC3)c2n1. The predicted molar refractivity (Wildman–Crippen MR) is 80.2 cm³/mol. The summed E-state index contributed by atoms with van der Waals surface area (Å²) < 4.78 is 1.73. The molecular formula is C15H21N5O. The van der Waals surface area contributed by atoms with Crippen LogP contribution in [0.2, 0.25) is 0 Å². The fraction of sp³-hybridized carbons (Fsp3) is 0.533. The summed E-state index contributed by atoms with van der Waals surface area (Å²) in [6, 6.07) is 2.01. The number of nitrogens with zero attached hydrogens (tertiary/aromatic N) is 3. The summed E-state index contributed by atoms with van der Waals surface area (Å²) >= 11 is 0. The second-order valence-corrected chi connectivity index (χ2v) is 5.89. The van der Waals surface area contributed by atoms with E-state index in [1.165, 1.54) is 0 Å². The highest BCUT2D eigenvalue weighted by Crippen LogP contribution is 2.32. The Morgan fingerprint density at radius 1 is 1.48 bits per heavy atom. The van der Waals surface area contributed by atoms with E-state index in [4.69, 9.17) is 5.73 Å². The normalized spacial score (nSPS) is 16.2. The number of fused-ring (bicyclic) bond motifs is 1. The molecule has 3 N–H and O–H groups in total. The Morgan fingerprint density at radius 2 is 2.19 bits per heavy atom. The Labute approximate surface area is 123 Å². The molecule has 0 aromatic carbocycles. The van der Waals surface area contributed by atoms with Gasteiger partial charge in [0, 0.05) is 24.0 Å². The molecule has 2 aromatic rings. The number of nitrogens with one attached hydrogen (secondary N) is 1. The minimum absolute atomic E-state index is 0.0535. The van der Waals surface area contributed by atoms with Crippen LogP contribution in [0.25, 0.3) is 5.65 Å². The highest BCUT2D eigenvalue weighted by Gasteiger charge is 2.32. The van der Waals surface area contributed by atoms with Crippen molar-refractivity contribution in [3.8, 4) is 0 Å². The number of aryl methyl sites for hydroxylation is 3. The van der Waals surface area contributed by atoms with Crippen molar-refractivity contribution in [1.29, 1.82) is 0 Å². The molecule has 0 saturated heterocycles. The van der Waals surface area contributed by atoms with Crippen LogP contribution >= 0.6 is 0 Å². The molecule has 1 amide bonds. The highest BCUT2D eigenvalue weighted by atomic mass is 16.1. The first-order valence-corrected chi connectivity index (χ1v) is 7.35. The molecule has 1 atom stereocenters. The van der Waals surface area contributed by atoms with E-state index in [2.05, 4.69) is 15.4 Å². The Kier molecular flexibility index (Phi) is 3.41. The fourth-order valence-corrected chi connectivity index (χ4v) is 2.80. The van der Waals surface area contributed by atoms with Gasteiger partial charge in [0.1, 0.15) is 5.56 Å². The van der Waals surface area contributed by atoms with Gasteiger partial charge >= 0.3 is 0 Å². The van der Waals surface area contributed by atoms with Crippen LogP contribution in [0.1, 0.15) is 40.3 Å². The summed E-state index contributed by atoms with van der Waals surface area (Å²) in [5.41, 5.74) is 9.48. The number of rotatable bonds is 4. The van der Waals surface area contributed by atoms with Crippen molar-refractivity contribution in [3.63, 3.8) is 0 Å². The minimum atomic E-state index is -0.123. The van der Waals surface area contributed by atoms with Gasteiger partial charge in [-0.15, -0.1) is 0 Å². The van der Waals surface area contributed by atoms with Crippen molar-refractivity contribution in [1.82, 2.24) is 19.9 Å². The summed E-state index contributed by atoms with van der Waals surface area (Å²) in [4.78, 5) is 17.1. The molecule has 1 unspecified atom stereocenters. The number of carbonyl (C=O) groups excluding carboxylic acids is 1. The van der Waals surface area contributed by atoms with Crippen LogP contribution < -0.4 is 11.1 Å². The molecule has 1 aliphatic carbocycles. The molecule has 0 aliphatic heterocycles. The molecule has 112 valence electrons. The number of amides is 1. The minimum Gasteiger partial charge on any atom is -0.348 e. The summed E-state index contributed by atoms with van der Waals surface area (Å²) in [5, 5.41) is 7.48. The van der Waals surface area contributed by atoms with Gasteiger partial charge < -0.3 is 11.1 Å². The first kappa shape index (κ1) is 14.0. The van der Waals surface area contributed by atoms with Crippen molar-refractivity contribution in [3.05, 3.63) is 28.7 Å². The highest BCUT2D eigenvalue weighted by molar-refractivity contribution is 6.01. The number of carbonyl (C=O) groups is 1. The molecule has 1 aliphatic rings. The van der Waals surface area contributed by atoms with E-state index in [1.807, 2.05) is 26.8 Å². The average Bonchev–Trinajstić information content (AvgIpc) is 3.19. The third kappa shape index (κ3) is 2.51. The van der Waals surface area contributed by atoms with Crippen molar-refractivity contribution in [2.75, 3.05) is 6.54 Å². The Balaban J connectivity index is 1.99. The van der Waals surface area contributed by atoms with E-state index in [1.54, 1.807) is 4.52 Å². The van der Waals surface area contributed by atoms with E-state index in [0.29, 0.717) is 29.4 Å². The van der Waals surface area contributed by atoms with Crippen molar-refractivity contribution < 1.29 is 4.79 Å². The number of nitrogens with two attached hydrogens (primary N) is 1. The lowest BCUT2D eigenvalue weighted by Gasteiger charge is -2.15. The molecule has 0 spiro atoms. The van der Waals surface area contributed by atoms with E-state index in [0.717, 1.165) is 24.2 Å². The summed E-state index contributed by atoms with van der Waals surface area (Å²) in [6.45, 7) is 6.19. The maximum absolute atomic E-state index is 12.6. The van der Waals surface area contributed by atoms with Crippen LogP contribution in [0.15, 0.2) is 6.07 Å². The van der Waals surface area contributed by atoms with Crippen LogP contribution in [0.5, 0.6) is 0 Å². The largest absolute Gasteiger partial charge is 0.348 e. The second kappa shape index (κ2) is 5.11. The molecule has 1 saturated carbocycles. The van der Waals surface area contributed by atoms with E-state index < -0.39 is 0 Å². The molecule has 0 radical (unpaired) electrons. The van der Waals surface area contributed by atoms with Crippen molar-refractivity contribution >= 4 is 11.6 Å². The molecule has 1 fully saturated rings. The monoisotopic (exact) mass is 287 g/mol. The Morgan fingerprint density at radius 3 is 2.81 bits per heavy atom. The van der Waals surface area contributed by atoms with Crippen LogP contribution in [-0.4, -0.2) is 33.1 Å². The van der Waals surface area contributed by atoms with Crippen LogP contribution in [0.4, 0.5) is 0 Å². The first-order chi connectivity index (χ1) is 10.0. The van der Waals surface area contributed by atoms with Gasteiger partial charge in [-0.05, 0) is 45.6 Å². The van der Waals surface area contributed by atoms with Gasteiger partial charge in [0.15, 0.2) is 5.65 Å². The fourth-order valence-electron chi connectivity index (χ4n) is 2.80. The molecule has 6 heteroatoms. The summed E-state index contributed by atoms with van der Waals surface area (Å²) in [7, 11) is 0. The molecule has 3 rings (SSSR count). The van der Waals surface area contributed by atoms with Gasteiger partial charge in [0.2, 0.25) is 0 Å².